The van der Waals surface area contributed by atoms with Gasteiger partial charge in [0.1, 0.15) is 0 Å². The fourth-order valence-electron chi connectivity index (χ4n) is 5.21. The summed E-state index contributed by atoms with van der Waals surface area (Å²) in [5.74, 6) is 1.27. The van der Waals surface area contributed by atoms with Crippen LogP contribution in [0.3, 0.4) is 0 Å². The lowest BCUT2D eigenvalue weighted by atomic mass is 9.84. The van der Waals surface area contributed by atoms with Crippen molar-refractivity contribution in [3.8, 4) is 0 Å². The molecule has 158 valence electrons. The van der Waals surface area contributed by atoms with Gasteiger partial charge in [-0.1, -0.05) is 31.4 Å². The second-order valence-corrected chi connectivity index (χ2v) is 9.11. The molecule has 4 rings (SSSR count). The van der Waals surface area contributed by atoms with Gasteiger partial charge in [-0.3, -0.25) is 9.59 Å². The van der Waals surface area contributed by atoms with Crippen LogP contribution in [0.2, 0.25) is 0 Å². The number of benzene rings is 1. The first-order chi connectivity index (χ1) is 14.2. The molecule has 29 heavy (non-hydrogen) atoms. The zero-order valence-electron chi connectivity index (χ0n) is 17.5. The van der Waals surface area contributed by atoms with Gasteiger partial charge in [0.2, 0.25) is 5.91 Å². The molecule has 2 aliphatic heterocycles. The Hall–Kier alpha value is -1.88. The number of nitrogens with one attached hydrogen (secondary N) is 2. The van der Waals surface area contributed by atoms with Crippen molar-refractivity contribution in [1.29, 1.82) is 0 Å². The molecule has 2 heterocycles. The highest BCUT2D eigenvalue weighted by Gasteiger charge is 2.27. The highest BCUT2D eigenvalue weighted by atomic mass is 16.2. The molecule has 3 fully saturated rings. The number of amides is 2. The number of hydrogen-bond acceptors (Lipinski definition) is 3. The lowest BCUT2D eigenvalue weighted by molar-refractivity contribution is -0.123. The van der Waals surface area contributed by atoms with E-state index in [1.54, 1.807) is 0 Å². The SMILES string of the molecule is O=C(NCC1CCCN(C(=O)c2ccc(C3CCCCC3)cc2)C1)C1CCCN1. The van der Waals surface area contributed by atoms with E-state index in [-0.39, 0.29) is 17.9 Å². The van der Waals surface area contributed by atoms with Crippen LogP contribution in [-0.2, 0) is 4.79 Å². The lowest BCUT2D eigenvalue weighted by Crippen LogP contribution is -2.46. The van der Waals surface area contributed by atoms with E-state index in [0.717, 1.165) is 50.9 Å². The Kier molecular flexibility index (Phi) is 6.86. The van der Waals surface area contributed by atoms with Crippen molar-refractivity contribution in [3.05, 3.63) is 35.4 Å². The van der Waals surface area contributed by atoms with Gasteiger partial charge in [-0.15, -0.1) is 0 Å². The van der Waals surface area contributed by atoms with Gasteiger partial charge in [-0.05, 0) is 74.6 Å². The van der Waals surface area contributed by atoms with Crippen molar-refractivity contribution < 1.29 is 9.59 Å². The molecule has 1 saturated carbocycles. The van der Waals surface area contributed by atoms with Gasteiger partial charge in [0.25, 0.3) is 5.91 Å². The molecular formula is C24H35N3O2. The normalized spacial score (nSPS) is 25.7. The summed E-state index contributed by atoms with van der Waals surface area (Å²) < 4.78 is 0. The monoisotopic (exact) mass is 397 g/mol. The molecule has 5 nitrogen and oxygen atoms in total. The van der Waals surface area contributed by atoms with Gasteiger partial charge in [-0.25, -0.2) is 0 Å². The van der Waals surface area contributed by atoms with E-state index in [1.165, 1.54) is 37.7 Å². The molecule has 2 unspecified atom stereocenters. The third-order valence-electron chi connectivity index (χ3n) is 6.98. The van der Waals surface area contributed by atoms with Crippen molar-refractivity contribution in [2.24, 2.45) is 5.92 Å². The van der Waals surface area contributed by atoms with E-state index in [4.69, 9.17) is 0 Å². The van der Waals surface area contributed by atoms with Crippen LogP contribution in [0, 0.1) is 5.92 Å². The molecule has 2 saturated heterocycles. The summed E-state index contributed by atoms with van der Waals surface area (Å²) in [6.07, 6.45) is 10.7. The van der Waals surface area contributed by atoms with Crippen molar-refractivity contribution in [2.75, 3.05) is 26.2 Å². The zero-order valence-corrected chi connectivity index (χ0v) is 17.5. The topological polar surface area (TPSA) is 61.4 Å². The molecule has 5 heteroatoms. The molecular weight excluding hydrogens is 362 g/mol. The van der Waals surface area contributed by atoms with E-state index < -0.39 is 0 Å². The van der Waals surface area contributed by atoms with Crippen LogP contribution in [0.25, 0.3) is 0 Å². The first kappa shape index (κ1) is 20.4. The molecule has 0 radical (unpaired) electrons. The Bertz CT molecular complexity index is 691. The third-order valence-corrected chi connectivity index (χ3v) is 6.98. The van der Waals surface area contributed by atoms with Crippen LogP contribution < -0.4 is 10.6 Å². The maximum Gasteiger partial charge on any atom is 0.253 e. The molecule has 1 aromatic rings. The van der Waals surface area contributed by atoms with E-state index in [1.807, 2.05) is 17.0 Å². The lowest BCUT2D eigenvalue weighted by Gasteiger charge is -2.33. The Morgan fingerprint density at radius 1 is 0.966 bits per heavy atom. The summed E-state index contributed by atoms with van der Waals surface area (Å²) in [7, 11) is 0. The highest BCUT2D eigenvalue weighted by molar-refractivity contribution is 5.94. The third kappa shape index (κ3) is 5.19. The molecule has 0 bridgehead atoms. The zero-order chi connectivity index (χ0) is 20.1. The van der Waals surface area contributed by atoms with Gasteiger partial charge < -0.3 is 15.5 Å². The summed E-state index contributed by atoms with van der Waals surface area (Å²) in [6.45, 7) is 3.16. The van der Waals surface area contributed by atoms with Crippen molar-refractivity contribution in [1.82, 2.24) is 15.5 Å². The first-order valence-electron chi connectivity index (χ1n) is 11.6. The van der Waals surface area contributed by atoms with Crippen LogP contribution in [0.1, 0.15) is 79.6 Å². The minimum absolute atomic E-state index is 0.0287. The highest BCUT2D eigenvalue weighted by Crippen LogP contribution is 2.32. The first-order valence-corrected chi connectivity index (χ1v) is 11.6. The minimum atomic E-state index is -0.0287. The molecule has 1 aliphatic carbocycles. The molecule has 3 aliphatic rings. The Balaban J connectivity index is 1.29. The van der Waals surface area contributed by atoms with Crippen molar-refractivity contribution in [3.63, 3.8) is 0 Å². The smallest absolute Gasteiger partial charge is 0.253 e. The summed E-state index contributed by atoms with van der Waals surface area (Å²) in [5.41, 5.74) is 2.19. The second-order valence-electron chi connectivity index (χ2n) is 9.11. The number of nitrogens with zero attached hydrogens (tertiary/aromatic N) is 1. The number of likely N-dealkylation sites (tertiary alicyclic amines) is 1. The van der Waals surface area contributed by atoms with Crippen LogP contribution in [-0.4, -0.2) is 48.9 Å². The average molecular weight is 398 g/mol. The fraction of sp³-hybridized carbons (Fsp3) is 0.667. The standard InChI is InChI=1S/C24H35N3O2/c28-23(22-9-4-14-25-22)26-16-18-6-5-15-27(17-18)24(29)21-12-10-20(11-13-21)19-7-2-1-3-8-19/h10-13,18-19,22,25H,1-9,14-17H2,(H,26,28). The molecule has 2 amide bonds. The molecule has 0 aromatic heterocycles. The van der Waals surface area contributed by atoms with Gasteiger partial charge in [0.05, 0.1) is 6.04 Å². The average Bonchev–Trinajstić information content (AvgIpc) is 3.33. The summed E-state index contributed by atoms with van der Waals surface area (Å²) in [4.78, 5) is 27.2. The van der Waals surface area contributed by atoms with Gasteiger partial charge in [0.15, 0.2) is 0 Å². The van der Waals surface area contributed by atoms with E-state index >= 15 is 0 Å². The number of rotatable bonds is 5. The number of carbonyl (C=O) groups excluding carboxylic acids is 2. The maximum absolute atomic E-state index is 13.0. The largest absolute Gasteiger partial charge is 0.354 e. The minimum Gasteiger partial charge on any atom is -0.354 e. The Labute approximate surface area is 174 Å². The van der Waals surface area contributed by atoms with E-state index in [9.17, 15) is 9.59 Å². The summed E-state index contributed by atoms with van der Waals surface area (Å²) in [5, 5.41) is 6.34. The van der Waals surface area contributed by atoms with Crippen molar-refractivity contribution >= 4 is 11.8 Å². The van der Waals surface area contributed by atoms with Crippen LogP contribution in [0.5, 0.6) is 0 Å². The fourth-order valence-corrected chi connectivity index (χ4v) is 5.21. The predicted molar refractivity (Wildman–Crippen MR) is 115 cm³/mol. The molecule has 2 N–H and O–H groups in total. The Morgan fingerprint density at radius 3 is 2.48 bits per heavy atom. The van der Waals surface area contributed by atoms with Crippen LogP contribution in [0.15, 0.2) is 24.3 Å². The van der Waals surface area contributed by atoms with E-state index in [0.29, 0.717) is 18.4 Å². The van der Waals surface area contributed by atoms with E-state index in [2.05, 4.69) is 22.8 Å². The molecule has 1 aromatic carbocycles. The van der Waals surface area contributed by atoms with Crippen LogP contribution >= 0.6 is 0 Å². The Morgan fingerprint density at radius 2 is 1.76 bits per heavy atom. The van der Waals surface area contributed by atoms with Gasteiger partial charge in [-0.2, -0.15) is 0 Å². The number of piperidine rings is 1. The summed E-state index contributed by atoms with van der Waals surface area (Å²) in [6, 6.07) is 8.34. The quantitative estimate of drug-likeness (QED) is 0.800. The number of carbonyl (C=O) groups is 2. The van der Waals surface area contributed by atoms with Crippen molar-refractivity contribution in [2.45, 2.75) is 69.7 Å². The molecule has 0 spiro atoms. The second kappa shape index (κ2) is 9.75. The van der Waals surface area contributed by atoms with Gasteiger partial charge in [0, 0.05) is 25.2 Å². The summed E-state index contributed by atoms with van der Waals surface area (Å²) >= 11 is 0. The number of hydrogen-bond donors (Lipinski definition) is 2. The maximum atomic E-state index is 13.0. The van der Waals surface area contributed by atoms with Gasteiger partial charge >= 0.3 is 0 Å². The predicted octanol–water partition coefficient (Wildman–Crippen LogP) is 3.45. The van der Waals surface area contributed by atoms with Crippen LogP contribution in [0.4, 0.5) is 0 Å². The molecule has 2 atom stereocenters.